The van der Waals surface area contributed by atoms with Gasteiger partial charge < -0.3 is 19.1 Å². The monoisotopic (exact) mass is 321 g/mol. The number of aromatic nitrogens is 1. The second-order valence-electron chi connectivity index (χ2n) is 4.82. The molecular formula is C15H15NO5S. The van der Waals surface area contributed by atoms with E-state index in [1.807, 2.05) is 17.8 Å². The predicted octanol–water partition coefficient (Wildman–Crippen LogP) is 2.93. The average molecular weight is 321 g/mol. The number of thioether (sulfide) groups is 1. The molecule has 1 unspecified atom stereocenters. The van der Waals surface area contributed by atoms with Gasteiger partial charge in [-0.3, -0.25) is 0 Å². The molecule has 1 aliphatic rings. The largest absolute Gasteiger partial charge is 0.493 e. The molecule has 1 saturated heterocycles. The third-order valence-corrected chi connectivity index (χ3v) is 4.50. The quantitative estimate of drug-likeness (QED) is 0.906. The summed E-state index contributed by atoms with van der Waals surface area (Å²) in [5, 5.41) is 12.8. The van der Waals surface area contributed by atoms with Gasteiger partial charge in [-0.05, 0) is 24.3 Å². The van der Waals surface area contributed by atoms with Crippen LogP contribution in [0.3, 0.4) is 0 Å². The smallest absolute Gasteiger partial charge is 0.374 e. The molecule has 1 N–H and O–H groups in total. The average Bonchev–Trinajstić information content (AvgIpc) is 3.18. The zero-order chi connectivity index (χ0) is 15.5. The number of carboxylic acids is 1. The van der Waals surface area contributed by atoms with Crippen molar-refractivity contribution in [1.82, 2.24) is 5.16 Å². The lowest BCUT2D eigenvalue weighted by Crippen LogP contribution is -2.15. The first-order chi connectivity index (χ1) is 10.7. The van der Waals surface area contributed by atoms with Gasteiger partial charge in [0.1, 0.15) is 11.8 Å². The van der Waals surface area contributed by atoms with Crippen LogP contribution in [0.15, 0.2) is 28.8 Å². The lowest BCUT2D eigenvalue weighted by Gasteiger charge is -2.17. The fourth-order valence-corrected chi connectivity index (χ4v) is 3.37. The first-order valence-electron chi connectivity index (χ1n) is 6.81. The van der Waals surface area contributed by atoms with Crippen molar-refractivity contribution >= 4 is 17.7 Å². The minimum absolute atomic E-state index is 0.117. The van der Waals surface area contributed by atoms with E-state index in [0.717, 1.165) is 17.9 Å². The molecule has 0 bridgehead atoms. The summed E-state index contributed by atoms with van der Waals surface area (Å²) < 4.78 is 16.3. The second kappa shape index (κ2) is 6.31. The van der Waals surface area contributed by atoms with Gasteiger partial charge >= 0.3 is 5.97 Å². The highest BCUT2D eigenvalue weighted by molar-refractivity contribution is 7.99. The van der Waals surface area contributed by atoms with Gasteiger partial charge in [-0.1, -0.05) is 11.2 Å². The van der Waals surface area contributed by atoms with Gasteiger partial charge in [-0.2, -0.15) is 11.8 Å². The highest BCUT2D eigenvalue weighted by Crippen LogP contribution is 2.39. The minimum Gasteiger partial charge on any atom is -0.493 e. The van der Waals surface area contributed by atoms with Crippen molar-refractivity contribution in [3.63, 3.8) is 0 Å². The van der Waals surface area contributed by atoms with Gasteiger partial charge in [-0.15, -0.1) is 0 Å². The third kappa shape index (κ3) is 2.89. The molecule has 3 rings (SSSR count). The maximum absolute atomic E-state index is 10.9. The molecule has 1 aromatic heterocycles. The fraction of sp³-hybridized carbons (Fsp3) is 0.333. The standard InChI is InChI=1S/C15H15NO5S/c1-19-12-4-2-3-10(11-7-13(15(17)18)21-16-11)14(12)20-9-5-6-22-8-9/h2-4,7,9H,5-6,8H2,1H3,(H,17,18). The SMILES string of the molecule is COc1cccc(-c2cc(C(=O)O)on2)c1OC1CCSC1. The van der Waals surface area contributed by atoms with E-state index in [9.17, 15) is 4.79 Å². The number of methoxy groups -OCH3 is 1. The van der Waals surface area contributed by atoms with E-state index in [4.69, 9.17) is 19.1 Å². The van der Waals surface area contributed by atoms with Crippen LogP contribution in [0.25, 0.3) is 11.3 Å². The van der Waals surface area contributed by atoms with Crippen LogP contribution < -0.4 is 9.47 Å². The van der Waals surface area contributed by atoms with Crippen molar-refractivity contribution in [2.45, 2.75) is 12.5 Å². The number of ether oxygens (including phenoxy) is 2. The van der Waals surface area contributed by atoms with Crippen LogP contribution in [-0.2, 0) is 0 Å². The van der Waals surface area contributed by atoms with Crippen molar-refractivity contribution in [2.24, 2.45) is 0 Å². The molecule has 1 atom stereocenters. The number of benzene rings is 1. The van der Waals surface area contributed by atoms with Crippen LogP contribution >= 0.6 is 11.8 Å². The Morgan fingerprint density at radius 2 is 2.36 bits per heavy atom. The highest BCUT2D eigenvalue weighted by atomic mass is 32.2. The lowest BCUT2D eigenvalue weighted by molar-refractivity contribution is 0.0652. The van der Waals surface area contributed by atoms with Gasteiger partial charge in [0.15, 0.2) is 11.5 Å². The van der Waals surface area contributed by atoms with E-state index in [2.05, 4.69) is 5.16 Å². The van der Waals surface area contributed by atoms with Crippen molar-refractivity contribution in [1.29, 1.82) is 0 Å². The van der Waals surface area contributed by atoms with Crippen LogP contribution in [0.1, 0.15) is 17.0 Å². The Morgan fingerprint density at radius 1 is 1.50 bits per heavy atom. The molecule has 0 amide bonds. The Hall–Kier alpha value is -2.15. The van der Waals surface area contributed by atoms with E-state index in [1.54, 1.807) is 19.2 Å². The van der Waals surface area contributed by atoms with Crippen LogP contribution in [0.5, 0.6) is 11.5 Å². The minimum atomic E-state index is -1.16. The van der Waals surface area contributed by atoms with Crippen LogP contribution in [0.2, 0.25) is 0 Å². The van der Waals surface area contributed by atoms with Crippen molar-refractivity contribution in [3.8, 4) is 22.8 Å². The summed E-state index contributed by atoms with van der Waals surface area (Å²) in [6.07, 6.45) is 1.09. The Balaban J connectivity index is 1.99. The van der Waals surface area contributed by atoms with E-state index in [1.165, 1.54) is 6.07 Å². The topological polar surface area (TPSA) is 81.8 Å². The number of rotatable bonds is 5. The molecule has 7 heteroatoms. The Kier molecular flexibility index (Phi) is 4.24. The molecule has 1 fully saturated rings. The first kappa shape index (κ1) is 14.8. The normalized spacial score (nSPS) is 17.4. The number of aromatic carboxylic acids is 1. The summed E-state index contributed by atoms with van der Waals surface area (Å²) in [6.45, 7) is 0. The Bertz CT molecular complexity index is 678. The third-order valence-electron chi connectivity index (χ3n) is 3.37. The molecule has 2 aromatic rings. The number of para-hydroxylation sites is 1. The molecule has 0 radical (unpaired) electrons. The van der Waals surface area contributed by atoms with Crippen molar-refractivity contribution in [3.05, 3.63) is 30.0 Å². The number of carboxylic acid groups (broad SMARTS) is 1. The van der Waals surface area contributed by atoms with E-state index in [0.29, 0.717) is 22.8 Å². The summed E-state index contributed by atoms with van der Waals surface area (Å²) >= 11 is 1.85. The van der Waals surface area contributed by atoms with Crippen molar-refractivity contribution in [2.75, 3.05) is 18.6 Å². The van der Waals surface area contributed by atoms with Gasteiger partial charge in [0.2, 0.25) is 5.76 Å². The molecule has 0 spiro atoms. The number of hydrogen-bond donors (Lipinski definition) is 1. The fourth-order valence-electron chi connectivity index (χ4n) is 2.28. The number of hydrogen-bond acceptors (Lipinski definition) is 6. The summed E-state index contributed by atoms with van der Waals surface area (Å²) in [6, 6.07) is 6.80. The van der Waals surface area contributed by atoms with Crippen LogP contribution in [0.4, 0.5) is 0 Å². The Morgan fingerprint density at radius 3 is 3.00 bits per heavy atom. The van der Waals surface area contributed by atoms with Gasteiger partial charge in [-0.25, -0.2) is 4.79 Å². The molecule has 1 aromatic carbocycles. The molecule has 0 saturated carbocycles. The number of nitrogens with zero attached hydrogens (tertiary/aromatic N) is 1. The number of carbonyl (C=O) groups is 1. The van der Waals surface area contributed by atoms with Crippen molar-refractivity contribution < 1.29 is 23.9 Å². The van der Waals surface area contributed by atoms with Gasteiger partial charge in [0, 0.05) is 17.4 Å². The zero-order valence-corrected chi connectivity index (χ0v) is 12.8. The molecule has 2 heterocycles. The zero-order valence-electron chi connectivity index (χ0n) is 11.9. The summed E-state index contributed by atoms with van der Waals surface area (Å²) in [5.74, 6) is 1.80. The van der Waals surface area contributed by atoms with Crippen LogP contribution in [0, 0.1) is 0 Å². The maximum atomic E-state index is 10.9. The molecule has 0 aliphatic carbocycles. The molecule has 1 aliphatic heterocycles. The van der Waals surface area contributed by atoms with Crippen LogP contribution in [-0.4, -0.2) is 41.0 Å². The molecule has 22 heavy (non-hydrogen) atoms. The molecular weight excluding hydrogens is 306 g/mol. The Labute approximate surface area is 131 Å². The molecule has 6 nitrogen and oxygen atoms in total. The predicted molar refractivity (Wildman–Crippen MR) is 81.8 cm³/mol. The van der Waals surface area contributed by atoms with Gasteiger partial charge in [0.05, 0.1) is 7.11 Å². The van der Waals surface area contributed by atoms with Gasteiger partial charge in [0.25, 0.3) is 0 Å². The summed E-state index contributed by atoms with van der Waals surface area (Å²) in [7, 11) is 1.57. The van der Waals surface area contributed by atoms with E-state index in [-0.39, 0.29) is 11.9 Å². The summed E-state index contributed by atoms with van der Waals surface area (Å²) in [5.41, 5.74) is 1.07. The van der Waals surface area contributed by atoms with E-state index >= 15 is 0 Å². The highest BCUT2D eigenvalue weighted by Gasteiger charge is 2.23. The lowest BCUT2D eigenvalue weighted by atomic mass is 10.1. The molecule has 116 valence electrons. The maximum Gasteiger partial charge on any atom is 0.374 e. The summed E-state index contributed by atoms with van der Waals surface area (Å²) in [4.78, 5) is 10.9. The first-order valence-corrected chi connectivity index (χ1v) is 7.96. The second-order valence-corrected chi connectivity index (χ2v) is 5.97. The van der Waals surface area contributed by atoms with E-state index < -0.39 is 5.97 Å².